The second kappa shape index (κ2) is 10.5. The van der Waals surface area contributed by atoms with Crippen LogP contribution in [-0.4, -0.2) is 48.6 Å². The van der Waals surface area contributed by atoms with Gasteiger partial charge in [-0.15, -0.1) is 0 Å². The topological polar surface area (TPSA) is 103 Å². The molecule has 180 valence electrons. The maximum absolute atomic E-state index is 13.2. The number of fused-ring (bicyclic) bond motifs is 1. The minimum absolute atomic E-state index is 0.146. The van der Waals surface area contributed by atoms with E-state index in [1.807, 2.05) is 12.1 Å². The number of benzene rings is 2. The number of para-hydroxylation sites is 2. The lowest BCUT2D eigenvalue weighted by Crippen LogP contribution is -2.36. The van der Waals surface area contributed by atoms with Crippen LogP contribution in [0, 0.1) is 0 Å². The van der Waals surface area contributed by atoms with Crippen molar-refractivity contribution in [2.24, 2.45) is 0 Å². The summed E-state index contributed by atoms with van der Waals surface area (Å²) in [5, 5.41) is 2.86. The predicted molar refractivity (Wildman–Crippen MR) is 128 cm³/mol. The summed E-state index contributed by atoms with van der Waals surface area (Å²) in [6.45, 7) is 1.72. The molecule has 1 aromatic heterocycles. The summed E-state index contributed by atoms with van der Waals surface area (Å²) >= 11 is 0. The van der Waals surface area contributed by atoms with Gasteiger partial charge in [-0.05, 0) is 43.9 Å². The molecule has 34 heavy (non-hydrogen) atoms. The number of aryl methyl sites for hydroxylation is 1. The maximum atomic E-state index is 13.2. The third kappa shape index (κ3) is 4.93. The van der Waals surface area contributed by atoms with Crippen LogP contribution in [0.25, 0.3) is 11.1 Å². The van der Waals surface area contributed by atoms with Crippen molar-refractivity contribution in [3.05, 3.63) is 52.5 Å². The number of hydrogen-bond acceptors (Lipinski definition) is 6. The number of carbonyl (C=O) groups is 2. The van der Waals surface area contributed by atoms with Crippen LogP contribution in [0.3, 0.4) is 0 Å². The highest BCUT2D eigenvalue weighted by Gasteiger charge is 2.24. The van der Waals surface area contributed by atoms with Gasteiger partial charge in [0, 0.05) is 32.1 Å². The number of methoxy groups -OCH3 is 2. The van der Waals surface area contributed by atoms with Crippen LogP contribution in [0.15, 0.2) is 45.6 Å². The zero-order valence-corrected chi connectivity index (χ0v) is 19.5. The molecular formula is C25H29N3O6. The molecule has 0 radical (unpaired) electrons. The zero-order chi connectivity index (χ0) is 24.1. The van der Waals surface area contributed by atoms with Gasteiger partial charge in [0.05, 0.1) is 31.0 Å². The Morgan fingerprint density at radius 3 is 2.47 bits per heavy atom. The van der Waals surface area contributed by atoms with E-state index in [0.29, 0.717) is 59.9 Å². The molecule has 0 atom stereocenters. The number of anilines is 1. The standard InChI is InChI=1S/C25H29N3O6/c1-32-21-15-17(24(30)27-12-6-3-7-13-27)18(16-22(21)33-2)26-23(29)11-8-14-28-19-9-4-5-10-20(19)34-25(28)31/h4-5,9-10,15-16H,3,6-8,11-14H2,1-2H3,(H,26,29). The minimum Gasteiger partial charge on any atom is -0.493 e. The molecular weight excluding hydrogens is 438 g/mol. The van der Waals surface area contributed by atoms with Crippen molar-refractivity contribution in [2.45, 2.75) is 38.6 Å². The van der Waals surface area contributed by atoms with E-state index < -0.39 is 5.76 Å². The van der Waals surface area contributed by atoms with Crippen LogP contribution < -0.4 is 20.5 Å². The Kier molecular flexibility index (Phi) is 7.20. The molecule has 4 rings (SSSR count). The molecule has 1 saturated heterocycles. The number of rotatable bonds is 8. The Labute approximate surface area is 197 Å². The van der Waals surface area contributed by atoms with E-state index in [9.17, 15) is 14.4 Å². The number of hydrogen-bond donors (Lipinski definition) is 1. The van der Waals surface area contributed by atoms with Gasteiger partial charge < -0.3 is 24.1 Å². The summed E-state index contributed by atoms with van der Waals surface area (Å²) < 4.78 is 17.5. The average molecular weight is 468 g/mol. The van der Waals surface area contributed by atoms with Gasteiger partial charge in [0.25, 0.3) is 5.91 Å². The van der Waals surface area contributed by atoms with Crippen LogP contribution in [0.1, 0.15) is 42.5 Å². The van der Waals surface area contributed by atoms with Gasteiger partial charge in [0.15, 0.2) is 17.1 Å². The van der Waals surface area contributed by atoms with Crippen LogP contribution in [0.2, 0.25) is 0 Å². The molecule has 2 amide bonds. The fraction of sp³-hybridized carbons (Fsp3) is 0.400. The molecule has 9 heteroatoms. The number of amides is 2. The summed E-state index contributed by atoms with van der Waals surface area (Å²) in [6.07, 6.45) is 3.62. The first-order chi connectivity index (χ1) is 16.5. The van der Waals surface area contributed by atoms with E-state index >= 15 is 0 Å². The normalized spacial score (nSPS) is 13.6. The smallest absolute Gasteiger partial charge is 0.419 e. The summed E-state index contributed by atoms with van der Waals surface area (Å²) in [6, 6.07) is 10.4. The fourth-order valence-electron chi connectivity index (χ4n) is 4.26. The molecule has 0 bridgehead atoms. The van der Waals surface area contributed by atoms with Crippen molar-refractivity contribution < 1.29 is 23.5 Å². The van der Waals surface area contributed by atoms with Gasteiger partial charge in [-0.25, -0.2) is 4.79 Å². The molecule has 1 aliphatic rings. The molecule has 0 unspecified atom stereocenters. The summed E-state index contributed by atoms with van der Waals surface area (Å²) in [4.78, 5) is 39.9. The maximum Gasteiger partial charge on any atom is 0.419 e. The van der Waals surface area contributed by atoms with Crippen molar-refractivity contribution in [3.8, 4) is 11.5 Å². The first-order valence-corrected chi connectivity index (χ1v) is 11.5. The monoisotopic (exact) mass is 467 g/mol. The van der Waals surface area contributed by atoms with Gasteiger partial charge in [-0.2, -0.15) is 0 Å². The van der Waals surface area contributed by atoms with Crippen molar-refractivity contribution in [1.82, 2.24) is 9.47 Å². The first kappa shape index (κ1) is 23.4. The van der Waals surface area contributed by atoms with E-state index in [4.69, 9.17) is 13.9 Å². The molecule has 2 heterocycles. The van der Waals surface area contributed by atoms with E-state index in [2.05, 4.69) is 5.32 Å². The Hall–Kier alpha value is -3.75. The van der Waals surface area contributed by atoms with Gasteiger partial charge >= 0.3 is 5.76 Å². The number of oxazole rings is 1. The quantitative estimate of drug-likeness (QED) is 0.542. The molecule has 1 N–H and O–H groups in total. The van der Waals surface area contributed by atoms with E-state index in [1.54, 1.807) is 29.2 Å². The van der Waals surface area contributed by atoms with E-state index in [-0.39, 0.29) is 18.2 Å². The SMILES string of the molecule is COc1cc(NC(=O)CCCn2c(=O)oc3ccccc32)c(C(=O)N2CCCCC2)cc1OC. The molecule has 2 aromatic carbocycles. The van der Waals surface area contributed by atoms with Crippen molar-refractivity contribution >= 4 is 28.6 Å². The second-order valence-electron chi connectivity index (χ2n) is 8.24. The Morgan fingerprint density at radius 1 is 1.03 bits per heavy atom. The third-order valence-corrected chi connectivity index (χ3v) is 6.03. The van der Waals surface area contributed by atoms with Crippen molar-refractivity contribution in [1.29, 1.82) is 0 Å². The number of aromatic nitrogens is 1. The van der Waals surface area contributed by atoms with E-state index in [0.717, 1.165) is 19.3 Å². The lowest BCUT2D eigenvalue weighted by atomic mass is 10.1. The Morgan fingerprint density at radius 2 is 1.74 bits per heavy atom. The second-order valence-corrected chi connectivity index (χ2v) is 8.24. The molecule has 1 fully saturated rings. The predicted octanol–water partition coefficient (Wildman–Crippen LogP) is 3.66. The van der Waals surface area contributed by atoms with Crippen molar-refractivity contribution in [3.63, 3.8) is 0 Å². The first-order valence-electron chi connectivity index (χ1n) is 11.5. The van der Waals surface area contributed by atoms with Crippen LogP contribution in [-0.2, 0) is 11.3 Å². The van der Waals surface area contributed by atoms with E-state index in [1.165, 1.54) is 18.8 Å². The fourth-order valence-corrected chi connectivity index (χ4v) is 4.26. The van der Waals surface area contributed by atoms with Gasteiger partial charge in [0.1, 0.15) is 0 Å². The number of carbonyl (C=O) groups excluding carboxylic acids is 2. The number of piperidine rings is 1. The third-order valence-electron chi connectivity index (χ3n) is 6.03. The van der Waals surface area contributed by atoms with Gasteiger partial charge in [-0.1, -0.05) is 12.1 Å². The lowest BCUT2D eigenvalue weighted by Gasteiger charge is -2.28. The van der Waals surface area contributed by atoms with Crippen LogP contribution in [0.5, 0.6) is 11.5 Å². The lowest BCUT2D eigenvalue weighted by molar-refractivity contribution is -0.116. The highest BCUT2D eigenvalue weighted by atomic mass is 16.5. The zero-order valence-electron chi connectivity index (χ0n) is 19.5. The van der Waals surface area contributed by atoms with Gasteiger partial charge in [0.2, 0.25) is 5.91 Å². The van der Waals surface area contributed by atoms with Gasteiger partial charge in [-0.3, -0.25) is 14.2 Å². The minimum atomic E-state index is -0.448. The largest absolute Gasteiger partial charge is 0.493 e. The summed E-state index contributed by atoms with van der Waals surface area (Å²) in [5.74, 6) is -0.0134. The number of ether oxygens (including phenoxy) is 2. The Bertz CT molecular complexity index is 1240. The number of likely N-dealkylation sites (tertiary alicyclic amines) is 1. The number of nitrogens with one attached hydrogen (secondary N) is 1. The molecule has 9 nitrogen and oxygen atoms in total. The summed E-state index contributed by atoms with van der Waals surface area (Å²) in [7, 11) is 3.01. The van der Waals surface area contributed by atoms with Crippen molar-refractivity contribution in [2.75, 3.05) is 32.6 Å². The number of nitrogens with zero attached hydrogens (tertiary/aromatic N) is 2. The molecule has 0 spiro atoms. The average Bonchev–Trinajstić information content (AvgIpc) is 3.18. The Balaban J connectivity index is 1.48. The van der Waals surface area contributed by atoms with Crippen LogP contribution >= 0.6 is 0 Å². The summed E-state index contributed by atoms with van der Waals surface area (Å²) in [5.41, 5.74) is 1.96. The molecule has 1 aliphatic heterocycles. The molecule has 3 aromatic rings. The highest BCUT2D eigenvalue weighted by Crippen LogP contribution is 2.34. The molecule has 0 aliphatic carbocycles. The van der Waals surface area contributed by atoms with Crippen LogP contribution in [0.4, 0.5) is 5.69 Å². The highest BCUT2D eigenvalue weighted by molar-refractivity contribution is 6.04. The molecule has 0 saturated carbocycles.